The van der Waals surface area contributed by atoms with Gasteiger partial charge < -0.3 is 9.47 Å². The van der Waals surface area contributed by atoms with Gasteiger partial charge in [0.2, 0.25) is 5.78 Å². The van der Waals surface area contributed by atoms with E-state index in [4.69, 9.17) is 23.2 Å². The van der Waals surface area contributed by atoms with Crippen LogP contribution in [0.4, 0.5) is 5.69 Å². The SMILES string of the molecule is CC(C)C(=O)C1C(=O)C(=O)N(c2cc(Cl)c(=O)n(CCN(C)C)c2)C1c1ccc(Cl)cc1. The van der Waals surface area contributed by atoms with Gasteiger partial charge in [-0.1, -0.05) is 49.2 Å². The van der Waals surface area contributed by atoms with Crippen LogP contribution in [0.2, 0.25) is 10.0 Å². The van der Waals surface area contributed by atoms with Crippen LogP contribution in [-0.2, 0) is 20.9 Å². The third kappa shape index (κ3) is 4.65. The number of hydrogen-bond donors (Lipinski definition) is 0. The first-order valence-corrected chi connectivity index (χ1v) is 11.0. The number of amides is 1. The molecule has 2 atom stereocenters. The number of aromatic nitrogens is 1. The summed E-state index contributed by atoms with van der Waals surface area (Å²) >= 11 is 12.2. The molecule has 0 spiro atoms. The Kier molecular flexibility index (Phi) is 7.22. The highest BCUT2D eigenvalue weighted by molar-refractivity contribution is 6.48. The van der Waals surface area contributed by atoms with Crippen molar-refractivity contribution in [2.75, 3.05) is 25.5 Å². The summed E-state index contributed by atoms with van der Waals surface area (Å²) in [6.45, 7) is 4.30. The highest BCUT2D eigenvalue weighted by atomic mass is 35.5. The molecule has 3 rings (SSSR count). The lowest BCUT2D eigenvalue weighted by Gasteiger charge is -2.28. The van der Waals surface area contributed by atoms with Crippen LogP contribution in [-0.4, -0.2) is 47.6 Å². The Labute approximate surface area is 196 Å². The van der Waals surface area contributed by atoms with Crippen molar-refractivity contribution in [3.8, 4) is 0 Å². The molecule has 0 radical (unpaired) electrons. The molecular formula is C23H25Cl2N3O4. The molecule has 1 aliphatic heterocycles. The second kappa shape index (κ2) is 9.57. The minimum atomic E-state index is -1.16. The molecule has 2 aromatic rings. The average molecular weight is 478 g/mol. The number of anilines is 1. The number of carbonyl (C=O) groups is 3. The van der Waals surface area contributed by atoms with E-state index in [1.165, 1.54) is 21.7 Å². The van der Waals surface area contributed by atoms with Crippen LogP contribution in [0.15, 0.2) is 41.3 Å². The second-order valence-corrected chi connectivity index (χ2v) is 9.26. The lowest BCUT2D eigenvalue weighted by atomic mass is 9.85. The van der Waals surface area contributed by atoms with Crippen LogP contribution in [0.1, 0.15) is 25.5 Å². The Morgan fingerprint density at radius 1 is 1.09 bits per heavy atom. The molecule has 1 amide bonds. The van der Waals surface area contributed by atoms with Crippen LogP contribution < -0.4 is 10.5 Å². The summed E-state index contributed by atoms with van der Waals surface area (Å²) in [5, 5.41) is 0.415. The van der Waals surface area contributed by atoms with Crippen molar-refractivity contribution in [3.63, 3.8) is 0 Å². The van der Waals surface area contributed by atoms with Crippen LogP contribution in [0.3, 0.4) is 0 Å². The number of likely N-dealkylation sites (N-methyl/N-ethyl adjacent to an activating group) is 1. The molecule has 2 heterocycles. The summed E-state index contributed by atoms with van der Waals surface area (Å²) in [5.41, 5.74) is 0.480. The second-order valence-electron chi connectivity index (χ2n) is 8.42. The number of Topliss-reactive ketones (excluding diaryl/α,β-unsaturated/α-hetero) is 2. The summed E-state index contributed by atoms with van der Waals surface area (Å²) < 4.78 is 1.41. The van der Waals surface area contributed by atoms with Crippen LogP contribution in [0.25, 0.3) is 0 Å². The molecule has 7 nitrogen and oxygen atoms in total. The van der Waals surface area contributed by atoms with Crippen LogP contribution in [0, 0.1) is 11.8 Å². The molecule has 1 fully saturated rings. The van der Waals surface area contributed by atoms with Gasteiger partial charge in [0.05, 0.1) is 11.7 Å². The number of ketones is 2. The van der Waals surface area contributed by atoms with Crippen molar-refractivity contribution in [2.24, 2.45) is 11.8 Å². The third-order valence-corrected chi connectivity index (χ3v) is 6.01. The van der Waals surface area contributed by atoms with E-state index in [2.05, 4.69) is 0 Å². The highest BCUT2D eigenvalue weighted by Gasteiger charge is 2.52. The molecule has 170 valence electrons. The van der Waals surface area contributed by atoms with E-state index in [0.717, 1.165) is 0 Å². The fourth-order valence-corrected chi connectivity index (χ4v) is 4.13. The fraction of sp³-hybridized carbons (Fsp3) is 0.391. The molecule has 0 saturated carbocycles. The number of pyridine rings is 1. The summed E-state index contributed by atoms with van der Waals surface area (Å²) in [5.74, 6) is -3.50. The van der Waals surface area contributed by atoms with Gasteiger partial charge in [0.15, 0.2) is 0 Å². The molecule has 1 aromatic carbocycles. The molecule has 1 aromatic heterocycles. The maximum Gasteiger partial charge on any atom is 0.295 e. The van der Waals surface area contributed by atoms with Gasteiger partial charge in [-0.25, -0.2) is 0 Å². The lowest BCUT2D eigenvalue weighted by molar-refractivity contribution is -0.139. The average Bonchev–Trinajstić information content (AvgIpc) is 2.99. The first-order valence-electron chi connectivity index (χ1n) is 10.2. The van der Waals surface area contributed by atoms with Crippen LogP contribution in [0.5, 0.6) is 0 Å². The minimum Gasteiger partial charge on any atom is -0.311 e. The summed E-state index contributed by atoms with van der Waals surface area (Å²) in [4.78, 5) is 54.8. The quantitative estimate of drug-likeness (QED) is 0.451. The lowest BCUT2D eigenvalue weighted by Crippen LogP contribution is -2.33. The smallest absolute Gasteiger partial charge is 0.295 e. The predicted molar refractivity (Wildman–Crippen MR) is 124 cm³/mol. The number of rotatable bonds is 7. The van der Waals surface area contributed by atoms with E-state index in [1.807, 2.05) is 19.0 Å². The van der Waals surface area contributed by atoms with Crippen molar-refractivity contribution in [1.82, 2.24) is 9.47 Å². The van der Waals surface area contributed by atoms with E-state index >= 15 is 0 Å². The zero-order valence-electron chi connectivity index (χ0n) is 18.3. The van der Waals surface area contributed by atoms with E-state index in [0.29, 0.717) is 23.7 Å². The zero-order chi connectivity index (χ0) is 23.7. The third-order valence-electron chi connectivity index (χ3n) is 5.49. The molecule has 0 N–H and O–H groups in total. The molecule has 1 saturated heterocycles. The van der Waals surface area contributed by atoms with Gasteiger partial charge in [0.1, 0.15) is 16.7 Å². The summed E-state index contributed by atoms with van der Waals surface area (Å²) in [6.07, 6.45) is 1.51. The van der Waals surface area contributed by atoms with Crippen LogP contribution >= 0.6 is 23.2 Å². The summed E-state index contributed by atoms with van der Waals surface area (Å²) in [6, 6.07) is 7.17. The van der Waals surface area contributed by atoms with Gasteiger partial charge in [0.25, 0.3) is 11.5 Å². The normalized spacial score (nSPS) is 18.8. The zero-order valence-corrected chi connectivity index (χ0v) is 19.9. The standard InChI is InChI=1S/C23H25Cl2N3O4/c1-13(2)20(29)18-19(14-5-7-15(24)8-6-14)28(23(32)21(18)30)16-11-17(25)22(31)27(12-16)10-9-26(3)4/h5-8,11-13,18-19H,9-10H2,1-4H3. The minimum absolute atomic E-state index is 0.0741. The number of benzene rings is 1. The monoisotopic (exact) mass is 477 g/mol. The van der Waals surface area contributed by atoms with Crippen molar-refractivity contribution in [1.29, 1.82) is 0 Å². The van der Waals surface area contributed by atoms with Gasteiger partial charge in [-0.3, -0.25) is 24.1 Å². The Morgan fingerprint density at radius 2 is 1.72 bits per heavy atom. The number of hydrogen-bond acceptors (Lipinski definition) is 5. The Bertz CT molecular complexity index is 1110. The van der Waals surface area contributed by atoms with Gasteiger partial charge in [-0.2, -0.15) is 0 Å². The van der Waals surface area contributed by atoms with Crippen molar-refractivity contribution in [2.45, 2.75) is 26.4 Å². The Morgan fingerprint density at radius 3 is 2.28 bits per heavy atom. The number of halogens is 2. The molecule has 0 aliphatic carbocycles. The largest absolute Gasteiger partial charge is 0.311 e. The van der Waals surface area contributed by atoms with Crippen molar-refractivity contribution < 1.29 is 14.4 Å². The van der Waals surface area contributed by atoms with E-state index in [1.54, 1.807) is 38.1 Å². The maximum atomic E-state index is 13.1. The topological polar surface area (TPSA) is 79.7 Å². The predicted octanol–water partition coefficient (Wildman–Crippen LogP) is 3.22. The highest BCUT2D eigenvalue weighted by Crippen LogP contribution is 2.41. The fourth-order valence-electron chi connectivity index (χ4n) is 3.78. The summed E-state index contributed by atoms with van der Waals surface area (Å²) in [7, 11) is 3.75. The van der Waals surface area contributed by atoms with E-state index in [-0.39, 0.29) is 16.5 Å². The molecule has 32 heavy (non-hydrogen) atoms. The Balaban J connectivity index is 2.17. The van der Waals surface area contributed by atoms with Gasteiger partial charge in [-0.15, -0.1) is 0 Å². The van der Waals surface area contributed by atoms with Gasteiger partial charge in [-0.05, 0) is 37.9 Å². The van der Waals surface area contributed by atoms with E-state index in [9.17, 15) is 19.2 Å². The first kappa shape index (κ1) is 24.2. The van der Waals surface area contributed by atoms with E-state index < -0.39 is 35.1 Å². The molecule has 1 aliphatic rings. The van der Waals surface area contributed by atoms with Gasteiger partial charge >= 0.3 is 0 Å². The van der Waals surface area contributed by atoms with Crippen molar-refractivity contribution in [3.05, 3.63) is 62.5 Å². The molecule has 9 heteroatoms. The first-order chi connectivity index (χ1) is 15.0. The maximum absolute atomic E-state index is 13.1. The molecular weight excluding hydrogens is 453 g/mol. The molecule has 2 unspecified atom stereocenters. The number of nitrogens with zero attached hydrogens (tertiary/aromatic N) is 3. The molecule has 0 bridgehead atoms. The number of carbonyl (C=O) groups excluding carboxylic acids is 3. The van der Waals surface area contributed by atoms with Gasteiger partial charge in [0, 0.05) is 30.2 Å². The Hall–Kier alpha value is -2.48. The van der Waals surface area contributed by atoms with Crippen molar-refractivity contribution >= 4 is 46.4 Å².